The standard InChI is InChI=1S/C8H7F2NO/c1-11-6-4-2-3-5-7(6)12-8(11,9)10/h2-5H,1H3. The first kappa shape index (κ1) is 7.34. The molecule has 0 saturated carbocycles. The van der Waals surface area contributed by atoms with Crippen LogP contribution in [0.5, 0.6) is 5.75 Å². The zero-order chi connectivity index (χ0) is 8.77. The van der Waals surface area contributed by atoms with Gasteiger partial charge < -0.3 is 4.74 Å². The Morgan fingerprint density at radius 3 is 2.67 bits per heavy atom. The average molecular weight is 171 g/mol. The lowest BCUT2D eigenvalue weighted by Gasteiger charge is -2.17. The molecular weight excluding hydrogens is 164 g/mol. The number of halogens is 2. The molecule has 1 aromatic carbocycles. The van der Waals surface area contributed by atoms with Crippen LogP contribution in [0.3, 0.4) is 0 Å². The molecule has 2 rings (SSSR count). The van der Waals surface area contributed by atoms with Gasteiger partial charge in [0.15, 0.2) is 5.75 Å². The Hall–Kier alpha value is -1.32. The van der Waals surface area contributed by atoms with E-state index in [1.165, 1.54) is 13.1 Å². The van der Waals surface area contributed by atoms with Crippen LogP contribution in [0.2, 0.25) is 0 Å². The number of fused-ring (bicyclic) bond motifs is 1. The van der Waals surface area contributed by atoms with Crippen molar-refractivity contribution in [3.05, 3.63) is 24.3 Å². The maximum atomic E-state index is 12.8. The topological polar surface area (TPSA) is 12.5 Å². The largest absolute Gasteiger partial charge is 0.496 e. The van der Waals surface area contributed by atoms with Gasteiger partial charge in [0.2, 0.25) is 0 Å². The molecule has 64 valence electrons. The summed E-state index contributed by atoms with van der Waals surface area (Å²) in [5, 5.41) is 0. The van der Waals surface area contributed by atoms with Gasteiger partial charge in [-0.2, -0.15) is 0 Å². The van der Waals surface area contributed by atoms with Crippen molar-refractivity contribution in [3.8, 4) is 5.75 Å². The van der Waals surface area contributed by atoms with Gasteiger partial charge in [0.25, 0.3) is 0 Å². The van der Waals surface area contributed by atoms with Gasteiger partial charge in [0.1, 0.15) is 0 Å². The van der Waals surface area contributed by atoms with Crippen LogP contribution in [-0.2, 0) is 0 Å². The number of benzene rings is 1. The van der Waals surface area contributed by atoms with E-state index in [9.17, 15) is 8.78 Å². The first-order valence-electron chi connectivity index (χ1n) is 3.51. The predicted molar refractivity (Wildman–Crippen MR) is 40.4 cm³/mol. The fourth-order valence-electron chi connectivity index (χ4n) is 1.16. The molecular formula is C8H7F2NO. The molecule has 1 aromatic rings. The number of hydrogen-bond donors (Lipinski definition) is 0. The summed E-state index contributed by atoms with van der Waals surface area (Å²) in [5.74, 6) is 0.227. The van der Waals surface area contributed by atoms with Gasteiger partial charge in [0.05, 0.1) is 5.69 Å². The SMILES string of the molecule is CN1c2ccccc2OC1(F)F. The van der Waals surface area contributed by atoms with E-state index in [1.54, 1.807) is 18.2 Å². The maximum Gasteiger partial charge on any atom is 0.496 e. The van der Waals surface area contributed by atoms with E-state index in [0.29, 0.717) is 5.69 Å². The van der Waals surface area contributed by atoms with E-state index in [4.69, 9.17) is 0 Å². The van der Waals surface area contributed by atoms with E-state index in [1.807, 2.05) is 0 Å². The molecule has 0 N–H and O–H groups in total. The fourth-order valence-corrected chi connectivity index (χ4v) is 1.16. The van der Waals surface area contributed by atoms with Gasteiger partial charge in [-0.3, -0.25) is 4.90 Å². The van der Waals surface area contributed by atoms with Crippen LogP contribution in [0.1, 0.15) is 0 Å². The van der Waals surface area contributed by atoms with E-state index in [0.717, 1.165) is 4.90 Å². The molecule has 0 radical (unpaired) electrons. The summed E-state index contributed by atoms with van der Waals surface area (Å²) in [6, 6.07) is 6.47. The molecule has 2 nitrogen and oxygen atoms in total. The second-order valence-corrected chi connectivity index (χ2v) is 2.61. The summed E-state index contributed by atoms with van der Waals surface area (Å²) in [6.07, 6.45) is -3.20. The molecule has 0 atom stereocenters. The van der Waals surface area contributed by atoms with Crippen molar-refractivity contribution in [2.24, 2.45) is 0 Å². The molecule has 0 saturated heterocycles. The van der Waals surface area contributed by atoms with Crippen molar-refractivity contribution in [1.29, 1.82) is 0 Å². The van der Waals surface area contributed by atoms with Crippen molar-refractivity contribution in [3.63, 3.8) is 0 Å². The van der Waals surface area contributed by atoms with Gasteiger partial charge in [-0.15, -0.1) is 8.78 Å². The van der Waals surface area contributed by atoms with E-state index >= 15 is 0 Å². The zero-order valence-electron chi connectivity index (χ0n) is 6.42. The minimum Gasteiger partial charge on any atom is -0.413 e. The molecule has 0 fully saturated rings. The van der Waals surface area contributed by atoms with Crippen LogP contribution in [-0.4, -0.2) is 13.3 Å². The molecule has 0 aliphatic carbocycles. The first-order valence-corrected chi connectivity index (χ1v) is 3.51. The molecule has 0 spiro atoms. The summed E-state index contributed by atoms with van der Waals surface area (Å²) in [5.41, 5.74) is 0.419. The molecule has 1 aliphatic rings. The van der Waals surface area contributed by atoms with Crippen LogP contribution in [0.4, 0.5) is 14.5 Å². The number of alkyl halides is 2. The van der Waals surface area contributed by atoms with Crippen molar-refractivity contribution in [1.82, 2.24) is 0 Å². The van der Waals surface area contributed by atoms with Gasteiger partial charge in [-0.25, -0.2) is 0 Å². The molecule has 1 heterocycles. The molecule has 0 unspecified atom stereocenters. The van der Waals surface area contributed by atoms with Gasteiger partial charge in [-0.05, 0) is 12.1 Å². The van der Waals surface area contributed by atoms with Crippen LogP contribution in [0.25, 0.3) is 0 Å². The minimum atomic E-state index is -3.20. The van der Waals surface area contributed by atoms with E-state index in [2.05, 4.69) is 4.74 Å². The first-order chi connectivity index (χ1) is 5.61. The average Bonchev–Trinajstić information content (AvgIpc) is 2.24. The molecule has 0 bridgehead atoms. The summed E-state index contributed by atoms with van der Waals surface area (Å²) >= 11 is 0. The second kappa shape index (κ2) is 2.09. The highest BCUT2D eigenvalue weighted by atomic mass is 19.3. The highest BCUT2D eigenvalue weighted by Crippen LogP contribution is 2.42. The van der Waals surface area contributed by atoms with Crippen molar-refractivity contribution < 1.29 is 13.5 Å². The van der Waals surface area contributed by atoms with Gasteiger partial charge in [-0.1, -0.05) is 12.1 Å². The highest BCUT2D eigenvalue weighted by Gasteiger charge is 2.45. The Kier molecular flexibility index (Phi) is 1.28. The summed E-state index contributed by atoms with van der Waals surface area (Å²) in [7, 11) is 1.30. The third-order valence-corrected chi connectivity index (χ3v) is 1.85. The Morgan fingerprint density at radius 1 is 1.33 bits per heavy atom. The fraction of sp³-hybridized carbons (Fsp3) is 0.250. The van der Waals surface area contributed by atoms with Crippen LogP contribution >= 0.6 is 0 Å². The molecule has 0 amide bonds. The quantitative estimate of drug-likeness (QED) is 0.554. The number of nitrogens with zero attached hydrogens (tertiary/aromatic N) is 1. The van der Waals surface area contributed by atoms with Gasteiger partial charge in [0, 0.05) is 7.05 Å². The lowest BCUT2D eigenvalue weighted by Crippen LogP contribution is -2.38. The minimum absolute atomic E-state index is 0.227. The van der Waals surface area contributed by atoms with Crippen molar-refractivity contribution in [2.75, 3.05) is 11.9 Å². The summed E-state index contributed by atoms with van der Waals surface area (Å²) in [6.45, 7) is 0. The third-order valence-electron chi connectivity index (χ3n) is 1.85. The molecule has 4 heteroatoms. The highest BCUT2D eigenvalue weighted by molar-refractivity contribution is 5.61. The Bertz CT molecular complexity index is 314. The maximum absolute atomic E-state index is 12.8. The van der Waals surface area contributed by atoms with Crippen molar-refractivity contribution in [2.45, 2.75) is 6.23 Å². The lowest BCUT2D eigenvalue weighted by molar-refractivity contribution is -0.159. The van der Waals surface area contributed by atoms with E-state index in [-0.39, 0.29) is 5.75 Å². The Morgan fingerprint density at radius 2 is 2.00 bits per heavy atom. The van der Waals surface area contributed by atoms with Crippen molar-refractivity contribution >= 4 is 5.69 Å². The number of para-hydroxylation sites is 2. The predicted octanol–water partition coefficient (Wildman–Crippen LogP) is 2.07. The van der Waals surface area contributed by atoms with Crippen LogP contribution in [0, 0.1) is 0 Å². The number of anilines is 1. The monoisotopic (exact) mass is 171 g/mol. The number of ether oxygens (including phenoxy) is 1. The Labute approximate surface area is 68.4 Å². The number of rotatable bonds is 0. The lowest BCUT2D eigenvalue weighted by atomic mass is 10.3. The molecule has 1 aliphatic heterocycles. The van der Waals surface area contributed by atoms with Crippen LogP contribution < -0.4 is 9.64 Å². The molecule has 12 heavy (non-hydrogen) atoms. The second-order valence-electron chi connectivity index (χ2n) is 2.61. The number of hydrogen-bond acceptors (Lipinski definition) is 2. The third kappa shape index (κ3) is 0.841. The molecule has 0 aromatic heterocycles. The van der Waals surface area contributed by atoms with Crippen LogP contribution in [0.15, 0.2) is 24.3 Å². The normalized spacial score (nSPS) is 18.8. The summed E-state index contributed by atoms with van der Waals surface area (Å²) < 4.78 is 30.1. The van der Waals surface area contributed by atoms with Gasteiger partial charge >= 0.3 is 6.23 Å². The van der Waals surface area contributed by atoms with E-state index < -0.39 is 6.23 Å². The summed E-state index contributed by atoms with van der Waals surface area (Å²) in [4.78, 5) is 0.808. The Balaban J connectivity index is 2.49. The smallest absolute Gasteiger partial charge is 0.413 e. The zero-order valence-corrected chi connectivity index (χ0v) is 6.42.